The van der Waals surface area contributed by atoms with Crippen LogP contribution in [-0.4, -0.2) is 55.2 Å². The van der Waals surface area contributed by atoms with Gasteiger partial charge in [0.15, 0.2) is 0 Å². The Morgan fingerprint density at radius 3 is 2.51 bits per heavy atom. The number of hydrogen-bond donors (Lipinski definition) is 2. The maximum absolute atomic E-state index is 13.8. The van der Waals surface area contributed by atoms with Crippen LogP contribution in [-0.2, 0) is 17.5 Å². The molecule has 1 saturated heterocycles. The average Bonchev–Trinajstić information content (AvgIpc) is 3.53. The SMILES string of the molecule is CC(C)(C)OC(=O)N1CCC2(CC(n3nc(-c4cnn(Cc5cc(F)cc(C(F)(F)F)c5)c4)c(C(N)=O)c3N)C2)C1. The molecule has 1 spiro atoms. The lowest BCUT2D eigenvalue weighted by Crippen LogP contribution is -2.43. The first-order valence-electron chi connectivity index (χ1n) is 13.1. The molecule has 1 aliphatic carbocycles. The molecule has 2 fully saturated rings. The average molecular weight is 578 g/mol. The van der Waals surface area contributed by atoms with E-state index in [0.717, 1.165) is 18.6 Å². The third-order valence-corrected chi connectivity index (χ3v) is 7.50. The van der Waals surface area contributed by atoms with E-state index in [1.165, 1.54) is 17.1 Å². The van der Waals surface area contributed by atoms with Crippen LogP contribution in [0.25, 0.3) is 11.3 Å². The second-order valence-electron chi connectivity index (χ2n) is 11.9. The number of likely N-dealkylation sites (tertiary alicyclic amines) is 1. The first-order valence-corrected chi connectivity index (χ1v) is 13.1. The van der Waals surface area contributed by atoms with Gasteiger partial charge in [0, 0.05) is 24.8 Å². The van der Waals surface area contributed by atoms with E-state index in [1.54, 1.807) is 9.58 Å². The molecule has 2 amide bonds. The van der Waals surface area contributed by atoms with Gasteiger partial charge in [0.25, 0.3) is 5.91 Å². The molecule has 41 heavy (non-hydrogen) atoms. The molecule has 5 rings (SSSR count). The predicted octanol–water partition coefficient (Wildman–Crippen LogP) is 4.60. The molecular formula is C27H31F4N7O3. The third-order valence-electron chi connectivity index (χ3n) is 7.50. The number of nitrogens with two attached hydrogens (primary N) is 2. The molecular weight excluding hydrogens is 546 g/mol. The van der Waals surface area contributed by atoms with Crippen molar-refractivity contribution >= 4 is 17.8 Å². The summed E-state index contributed by atoms with van der Waals surface area (Å²) in [6.07, 6.45) is 0.0169. The normalized spacial score (nSPS) is 20.9. The van der Waals surface area contributed by atoms with Crippen molar-refractivity contribution in [1.82, 2.24) is 24.5 Å². The van der Waals surface area contributed by atoms with Crippen LogP contribution in [0.2, 0.25) is 0 Å². The standard InChI is InChI=1S/C27H31F4N7O3/c1-25(2,3)41-24(40)36-5-4-26(14-36)9-19(10-26)38-22(32)20(23(33)39)21(35-38)16-11-34-37(13-16)12-15-6-17(27(29,30)31)8-18(28)7-15/h6-8,11,13,19H,4-5,9-10,12,14,32H2,1-3H3,(H2,33,39). The van der Waals surface area contributed by atoms with Crippen LogP contribution < -0.4 is 11.5 Å². The summed E-state index contributed by atoms with van der Waals surface area (Å²) in [5, 5.41) is 8.74. The lowest BCUT2D eigenvalue weighted by Gasteiger charge is -2.45. The fraction of sp³-hybridized carbons (Fsp3) is 0.481. The van der Waals surface area contributed by atoms with Crippen molar-refractivity contribution < 1.29 is 31.9 Å². The highest BCUT2D eigenvalue weighted by atomic mass is 19.4. The van der Waals surface area contributed by atoms with Gasteiger partial charge in [-0.1, -0.05) is 0 Å². The van der Waals surface area contributed by atoms with Crippen LogP contribution in [0.5, 0.6) is 0 Å². The largest absolute Gasteiger partial charge is 0.444 e. The molecule has 1 saturated carbocycles. The van der Waals surface area contributed by atoms with Gasteiger partial charge in [-0.05, 0) is 69.2 Å². The second-order valence-corrected chi connectivity index (χ2v) is 11.9. The number of carbonyl (C=O) groups excluding carboxylic acids is 2. The van der Waals surface area contributed by atoms with Crippen molar-refractivity contribution in [2.45, 2.75) is 64.4 Å². The van der Waals surface area contributed by atoms with Crippen LogP contribution in [0, 0.1) is 11.2 Å². The Hall–Kier alpha value is -4.10. The van der Waals surface area contributed by atoms with Crippen molar-refractivity contribution in [3.63, 3.8) is 0 Å². The smallest absolute Gasteiger partial charge is 0.416 e. The fourth-order valence-corrected chi connectivity index (χ4v) is 5.70. The molecule has 1 aliphatic heterocycles. The highest BCUT2D eigenvalue weighted by Crippen LogP contribution is 2.55. The van der Waals surface area contributed by atoms with E-state index in [-0.39, 0.29) is 46.7 Å². The van der Waals surface area contributed by atoms with Gasteiger partial charge in [0.2, 0.25) is 0 Å². The van der Waals surface area contributed by atoms with Crippen LogP contribution in [0.3, 0.4) is 0 Å². The number of alkyl halides is 3. The zero-order valence-corrected chi connectivity index (χ0v) is 22.8. The Balaban J connectivity index is 1.33. The van der Waals surface area contributed by atoms with Gasteiger partial charge in [0.05, 0.1) is 24.3 Å². The maximum Gasteiger partial charge on any atom is 0.416 e. The Kier molecular flexibility index (Phi) is 6.77. The lowest BCUT2D eigenvalue weighted by atomic mass is 9.65. The molecule has 0 atom stereocenters. The Bertz CT molecular complexity index is 1500. The lowest BCUT2D eigenvalue weighted by molar-refractivity contribution is -0.137. The molecule has 220 valence electrons. The first-order chi connectivity index (χ1) is 19.0. The Labute approximate surface area is 233 Å². The summed E-state index contributed by atoms with van der Waals surface area (Å²) in [6.45, 7) is 6.45. The number of nitrogen functional groups attached to an aromatic ring is 1. The summed E-state index contributed by atoms with van der Waals surface area (Å²) >= 11 is 0. The fourth-order valence-electron chi connectivity index (χ4n) is 5.70. The quantitative estimate of drug-likeness (QED) is 0.426. The molecule has 2 aromatic heterocycles. The van der Waals surface area contributed by atoms with Crippen molar-refractivity contribution in [2.75, 3.05) is 18.8 Å². The summed E-state index contributed by atoms with van der Waals surface area (Å²) in [5.41, 5.74) is 10.8. The van der Waals surface area contributed by atoms with Gasteiger partial charge in [-0.25, -0.2) is 13.9 Å². The number of nitrogens with zero attached hydrogens (tertiary/aromatic N) is 5. The molecule has 14 heteroatoms. The molecule has 3 aromatic rings. The first kappa shape index (κ1) is 28.4. The molecule has 3 heterocycles. The summed E-state index contributed by atoms with van der Waals surface area (Å²) in [7, 11) is 0. The zero-order valence-electron chi connectivity index (χ0n) is 22.8. The monoisotopic (exact) mass is 577 g/mol. The number of amides is 2. The van der Waals surface area contributed by atoms with Gasteiger partial charge in [-0.3, -0.25) is 9.48 Å². The number of anilines is 1. The molecule has 0 unspecified atom stereocenters. The Morgan fingerprint density at radius 2 is 1.88 bits per heavy atom. The molecule has 10 nitrogen and oxygen atoms in total. The van der Waals surface area contributed by atoms with Gasteiger partial charge in [0.1, 0.15) is 28.5 Å². The number of rotatable bonds is 5. The number of ether oxygens (including phenoxy) is 1. The van der Waals surface area contributed by atoms with Gasteiger partial charge < -0.3 is 21.1 Å². The summed E-state index contributed by atoms with van der Waals surface area (Å²) in [5.74, 6) is -1.70. The number of aromatic nitrogens is 4. The molecule has 0 radical (unpaired) electrons. The summed E-state index contributed by atoms with van der Waals surface area (Å²) in [4.78, 5) is 26.6. The minimum Gasteiger partial charge on any atom is -0.444 e. The molecule has 2 aliphatic rings. The predicted molar refractivity (Wildman–Crippen MR) is 140 cm³/mol. The van der Waals surface area contributed by atoms with Crippen molar-refractivity contribution in [3.8, 4) is 11.3 Å². The number of primary amides is 1. The summed E-state index contributed by atoms with van der Waals surface area (Å²) in [6, 6.07) is 2.16. The van der Waals surface area contributed by atoms with Crippen molar-refractivity contribution in [3.05, 3.63) is 53.1 Å². The topological polar surface area (TPSA) is 134 Å². The van der Waals surface area contributed by atoms with E-state index >= 15 is 0 Å². The highest BCUT2D eigenvalue weighted by molar-refractivity contribution is 6.03. The van der Waals surface area contributed by atoms with Crippen LogP contribution in [0.15, 0.2) is 30.6 Å². The summed E-state index contributed by atoms with van der Waals surface area (Å²) < 4.78 is 61.5. The highest BCUT2D eigenvalue weighted by Gasteiger charge is 2.51. The molecule has 0 bridgehead atoms. The number of carbonyl (C=O) groups is 2. The number of hydrogen-bond acceptors (Lipinski definition) is 6. The maximum atomic E-state index is 13.8. The Morgan fingerprint density at radius 1 is 1.17 bits per heavy atom. The van der Waals surface area contributed by atoms with Gasteiger partial charge >= 0.3 is 12.3 Å². The second kappa shape index (κ2) is 9.77. The van der Waals surface area contributed by atoms with E-state index < -0.39 is 29.1 Å². The third kappa shape index (κ3) is 5.72. The van der Waals surface area contributed by atoms with Crippen LogP contribution in [0.4, 0.5) is 28.2 Å². The van der Waals surface area contributed by atoms with Gasteiger partial charge in [-0.2, -0.15) is 23.4 Å². The van der Waals surface area contributed by atoms with Crippen LogP contribution >= 0.6 is 0 Å². The zero-order chi connectivity index (χ0) is 29.9. The van der Waals surface area contributed by atoms with Crippen LogP contribution in [0.1, 0.15) is 67.6 Å². The van der Waals surface area contributed by atoms with E-state index in [0.29, 0.717) is 37.6 Å². The molecule has 4 N–H and O–H groups in total. The number of benzene rings is 1. The van der Waals surface area contributed by atoms with E-state index in [1.807, 2.05) is 20.8 Å². The van der Waals surface area contributed by atoms with E-state index in [4.69, 9.17) is 16.2 Å². The van der Waals surface area contributed by atoms with Crippen molar-refractivity contribution in [2.24, 2.45) is 11.1 Å². The van der Waals surface area contributed by atoms with Gasteiger partial charge in [-0.15, -0.1) is 0 Å². The van der Waals surface area contributed by atoms with E-state index in [2.05, 4.69) is 10.2 Å². The van der Waals surface area contributed by atoms with Crippen molar-refractivity contribution in [1.29, 1.82) is 0 Å². The van der Waals surface area contributed by atoms with E-state index in [9.17, 15) is 27.2 Å². The minimum atomic E-state index is -4.69. The minimum absolute atomic E-state index is 0.0115. The number of halogens is 4. The molecule has 1 aromatic carbocycles.